The third-order valence-corrected chi connectivity index (χ3v) is 7.67. The van der Waals surface area contributed by atoms with Crippen LogP contribution in [0.2, 0.25) is 0 Å². The second-order valence-corrected chi connectivity index (χ2v) is 8.78. The normalized spacial score (nSPS) is 57.0. The van der Waals surface area contributed by atoms with Crippen molar-refractivity contribution < 1.29 is 0 Å². The van der Waals surface area contributed by atoms with Gasteiger partial charge in [0.25, 0.3) is 0 Å². The maximum Gasteiger partial charge on any atom is 0.0251 e. The summed E-state index contributed by atoms with van der Waals surface area (Å²) in [5, 5.41) is 0. The zero-order chi connectivity index (χ0) is 9.81. The first kappa shape index (κ1) is 9.89. The van der Waals surface area contributed by atoms with E-state index in [-0.39, 0.29) is 0 Å². The number of hydrogen-bond acceptors (Lipinski definition) is 2. The quantitative estimate of drug-likeness (QED) is 0.659. The minimum Gasteiger partial charge on any atom is -0.153 e. The van der Waals surface area contributed by atoms with Crippen LogP contribution in [-0.4, -0.2) is 21.0 Å². The van der Waals surface area contributed by atoms with Gasteiger partial charge in [0, 0.05) is 21.0 Å². The highest BCUT2D eigenvalue weighted by atomic mass is 32.2. The van der Waals surface area contributed by atoms with Gasteiger partial charge in [0.2, 0.25) is 0 Å². The molecule has 0 N–H and O–H groups in total. The smallest absolute Gasteiger partial charge is 0.0251 e. The summed E-state index contributed by atoms with van der Waals surface area (Å²) >= 11 is 4.41. The van der Waals surface area contributed by atoms with E-state index in [1.165, 1.54) is 37.2 Å². The van der Waals surface area contributed by atoms with Gasteiger partial charge in [0.05, 0.1) is 0 Å². The van der Waals surface area contributed by atoms with Crippen molar-refractivity contribution in [1.29, 1.82) is 0 Å². The summed E-state index contributed by atoms with van der Waals surface area (Å²) in [7, 11) is 0. The van der Waals surface area contributed by atoms with Gasteiger partial charge >= 0.3 is 0 Å². The molecule has 2 heterocycles. The van der Waals surface area contributed by atoms with E-state index in [9.17, 15) is 0 Å². The zero-order valence-electron chi connectivity index (χ0n) is 9.21. The van der Waals surface area contributed by atoms with Gasteiger partial charge in [-0.15, -0.1) is 0 Å². The molecule has 3 aliphatic rings. The van der Waals surface area contributed by atoms with Crippen LogP contribution in [0.5, 0.6) is 0 Å². The Labute approximate surface area is 96.0 Å². The summed E-state index contributed by atoms with van der Waals surface area (Å²) in [6.07, 6.45) is 6.07. The molecule has 0 aromatic heterocycles. The Bertz CT molecular complexity index is 217. The molecule has 4 unspecified atom stereocenters. The van der Waals surface area contributed by atoms with Crippen molar-refractivity contribution in [2.45, 2.75) is 49.0 Å². The molecule has 80 valence electrons. The molecular weight excluding hydrogens is 208 g/mol. The van der Waals surface area contributed by atoms with Gasteiger partial charge in [-0.2, -0.15) is 23.5 Å². The van der Waals surface area contributed by atoms with E-state index < -0.39 is 0 Å². The number of thioether (sulfide) groups is 2. The molecule has 0 amide bonds. The maximum absolute atomic E-state index is 2.49. The van der Waals surface area contributed by atoms with Crippen LogP contribution in [0.1, 0.15) is 39.5 Å². The molecule has 3 rings (SSSR count). The van der Waals surface area contributed by atoms with E-state index >= 15 is 0 Å². The van der Waals surface area contributed by atoms with Crippen LogP contribution in [0, 0.1) is 11.8 Å². The largest absolute Gasteiger partial charge is 0.153 e. The average molecular weight is 228 g/mol. The van der Waals surface area contributed by atoms with Crippen LogP contribution in [0.25, 0.3) is 0 Å². The molecule has 1 saturated carbocycles. The van der Waals surface area contributed by atoms with Gasteiger partial charge in [0.15, 0.2) is 0 Å². The SMILES string of the molecule is CC1(C2CCCC(C3(C)CS3)C2)CS1. The minimum atomic E-state index is 0.703. The van der Waals surface area contributed by atoms with E-state index in [1.54, 1.807) is 0 Å². The fourth-order valence-electron chi connectivity index (χ4n) is 3.00. The van der Waals surface area contributed by atoms with Crippen LogP contribution in [0.3, 0.4) is 0 Å². The summed E-state index contributed by atoms with van der Waals surface area (Å²) < 4.78 is 1.41. The Morgan fingerprint density at radius 2 is 1.36 bits per heavy atom. The topological polar surface area (TPSA) is 0 Å². The van der Waals surface area contributed by atoms with Gasteiger partial charge < -0.3 is 0 Å². The van der Waals surface area contributed by atoms with E-state index in [1.807, 2.05) is 0 Å². The van der Waals surface area contributed by atoms with Crippen LogP contribution in [-0.2, 0) is 0 Å². The molecule has 0 nitrogen and oxygen atoms in total. The maximum atomic E-state index is 2.49. The van der Waals surface area contributed by atoms with Gasteiger partial charge in [-0.3, -0.25) is 0 Å². The van der Waals surface area contributed by atoms with Gasteiger partial charge in [-0.05, 0) is 44.9 Å². The molecule has 0 bridgehead atoms. The van der Waals surface area contributed by atoms with Crippen molar-refractivity contribution in [3.63, 3.8) is 0 Å². The third kappa shape index (κ3) is 1.63. The standard InChI is InChI=1S/C12H20S2/c1-11(7-13-11)9-4-3-5-10(6-9)12(2)8-14-12/h9-10H,3-8H2,1-2H3. The Morgan fingerprint density at radius 1 is 0.929 bits per heavy atom. The molecule has 2 aliphatic heterocycles. The molecule has 14 heavy (non-hydrogen) atoms. The minimum absolute atomic E-state index is 0.703. The number of rotatable bonds is 2. The van der Waals surface area contributed by atoms with E-state index in [0.717, 1.165) is 11.8 Å². The van der Waals surface area contributed by atoms with Crippen LogP contribution in [0.4, 0.5) is 0 Å². The fourth-order valence-corrected chi connectivity index (χ4v) is 4.82. The van der Waals surface area contributed by atoms with E-state index in [4.69, 9.17) is 0 Å². The summed E-state index contributed by atoms with van der Waals surface area (Å²) in [5.41, 5.74) is 0. The molecule has 0 aromatic rings. The molecule has 2 saturated heterocycles. The predicted molar refractivity (Wildman–Crippen MR) is 67.2 cm³/mol. The van der Waals surface area contributed by atoms with Crippen molar-refractivity contribution >= 4 is 23.5 Å². The second-order valence-electron chi connectivity index (χ2n) is 5.76. The van der Waals surface area contributed by atoms with Crippen molar-refractivity contribution in [3.8, 4) is 0 Å². The van der Waals surface area contributed by atoms with E-state index in [2.05, 4.69) is 37.4 Å². The first-order chi connectivity index (χ1) is 6.62. The lowest BCUT2D eigenvalue weighted by molar-refractivity contribution is 0.226. The highest BCUT2D eigenvalue weighted by Crippen LogP contribution is 2.60. The summed E-state index contributed by atoms with van der Waals surface area (Å²) in [4.78, 5) is 0. The van der Waals surface area contributed by atoms with Crippen molar-refractivity contribution in [2.75, 3.05) is 11.5 Å². The fraction of sp³-hybridized carbons (Fsp3) is 1.00. The summed E-state index contributed by atoms with van der Waals surface area (Å²) in [5.74, 6) is 4.97. The van der Waals surface area contributed by atoms with Crippen molar-refractivity contribution in [1.82, 2.24) is 0 Å². The monoisotopic (exact) mass is 228 g/mol. The Hall–Kier alpha value is 0.700. The Balaban J connectivity index is 1.66. The highest BCUT2D eigenvalue weighted by Gasteiger charge is 2.52. The molecular formula is C12H20S2. The number of hydrogen-bond donors (Lipinski definition) is 0. The molecule has 0 radical (unpaired) electrons. The molecule has 1 aliphatic carbocycles. The Morgan fingerprint density at radius 3 is 1.71 bits per heavy atom. The molecule has 2 heteroatoms. The van der Waals surface area contributed by atoms with Gasteiger partial charge in [-0.25, -0.2) is 0 Å². The lowest BCUT2D eigenvalue weighted by Gasteiger charge is -2.35. The van der Waals surface area contributed by atoms with Gasteiger partial charge in [-0.1, -0.05) is 6.42 Å². The molecule has 0 spiro atoms. The van der Waals surface area contributed by atoms with Crippen molar-refractivity contribution in [2.24, 2.45) is 11.8 Å². The van der Waals surface area contributed by atoms with Crippen LogP contribution in [0.15, 0.2) is 0 Å². The summed E-state index contributed by atoms with van der Waals surface area (Å²) in [6.45, 7) is 4.99. The highest BCUT2D eigenvalue weighted by molar-refractivity contribution is 8.08. The summed E-state index contributed by atoms with van der Waals surface area (Å²) in [6, 6.07) is 0. The lowest BCUT2D eigenvalue weighted by atomic mass is 9.72. The lowest BCUT2D eigenvalue weighted by Crippen LogP contribution is -2.31. The first-order valence-electron chi connectivity index (χ1n) is 5.90. The first-order valence-corrected chi connectivity index (χ1v) is 7.87. The van der Waals surface area contributed by atoms with Crippen LogP contribution >= 0.6 is 23.5 Å². The average Bonchev–Trinajstić information content (AvgIpc) is 3.08. The van der Waals surface area contributed by atoms with Gasteiger partial charge in [0.1, 0.15) is 0 Å². The third-order valence-electron chi connectivity index (χ3n) is 4.60. The Kier molecular flexibility index (Phi) is 2.19. The zero-order valence-corrected chi connectivity index (χ0v) is 10.8. The molecule has 3 fully saturated rings. The van der Waals surface area contributed by atoms with Crippen molar-refractivity contribution in [3.05, 3.63) is 0 Å². The second kappa shape index (κ2) is 3.10. The molecule has 0 aromatic carbocycles. The van der Waals surface area contributed by atoms with E-state index in [0.29, 0.717) is 9.49 Å². The van der Waals surface area contributed by atoms with Crippen LogP contribution < -0.4 is 0 Å². The molecule has 4 atom stereocenters. The predicted octanol–water partition coefficient (Wildman–Crippen LogP) is 3.80.